The molecule has 1 aromatic rings. The molecule has 0 unspecified atom stereocenters. The topological polar surface area (TPSA) is 72.8 Å². The monoisotopic (exact) mass is 414 g/mol. The zero-order valence-electron chi connectivity index (χ0n) is 12.5. The Bertz CT molecular complexity index is 674. The molecule has 0 bridgehead atoms. The average molecular weight is 414 g/mol. The van der Waals surface area contributed by atoms with E-state index >= 15 is 0 Å². The van der Waals surface area contributed by atoms with Gasteiger partial charge in [-0.1, -0.05) is 0 Å². The maximum Gasteiger partial charge on any atom is 0.573 e. The summed E-state index contributed by atoms with van der Waals surface area (Å²) < 4.78 is 121. The van der Waals surface area contributed by atoms with E-state index in [0.717, 1.165) is 0 Å². The summed E-state index contributed by atoms with van der Waals surface area (Å²) in [5.41, 5.74) is -6.36. The molecule has 0 spiro atoms. The standard InChI is InChI=1S/C13H7F9O5/c14-11(15,16)10(5-8(23)24,12(17,18)19)27-9(25)6-1-3-7(4-2-6)26-13(20,21)22/h1-4H,5H2,(H,23,24). The first-order chi connectivity index (χ1) is 12.0. The number of carboxylic acids is 1. The van der Waals surface area contributed by atoms with Gasteiger partial charge in [-0.25, -0.2) is 4.79 Å². The zero-order valence-corrected chi connectivity index (χ0v) is 12.5. The summed E-state index contributed by atoms with van der Waals surface area (Å²) >= 11 is 0. The number of halogens is 9. The molecule has 1 rings (SSSR count). The Morgan fingerprint density at radius 1 is 0.852 bits per heavy atom. The first kappa shape index (κ1) is 22.4. The second kappa shape index (κ2) is 7.15. The van der Waals surface area contributed by atoms with E-state index in [-0.39, 0.29) is 0 Å². The van der Waals surface area contributed by atoms with Gasteiger partial charge in [0, 0.05) is 0 Å². The quantitative estimate of drug-likeness (QED) is 0.581. The molecule has 0 fully saturated rings. The van der Waals surface area contributed by atoms with E-state index in [4.69, 9.17) is 5.11 Å². The summed E-state index contributed by atoms with van der Waals surface area (Å²) in [4.78, 5) is 22.1. The van der Waals surface area contributed by atoms with Gasteiger partial charge >= 0.3 is 36.3 Å². The van der Waals surface area contributed by atoms with Gasteiger partial charge in [-0.05, 0) is 24.3 Å². The van der Waals surface area contributed by atoms with Crippen molar-refractivity contribution >= 4 is 11.9 Å². The summed E-state index contributed by atoms with van der Waals surface area (Å²) in [6.07, 6.45) is -20.5. The van der Waals surface area contributed by atoms with Crippen LogP contribution in [-0.2, 0) is 9.53 Å². The summed E-state index contributed by atoms with van der Waals surface area (Å²) in [5.74, 6) is -5.74. The van der Waals surface area contributed by atoms with Crippen molar-refractivity contribution in [2.75, 3.05) is 0 Å². The third-order valence-corrected chi connectivity index (χ3v) is 2.91. The highest BCUT2D eigenvalue weighted by Crippen LogP contribution is 2.48. The Kier molecular flexibility index (Phi) is 5.93. The SMILES string of the molecule is O=C(O)CC(OC(=O)c1ccc(OC(F)(F)F)cc1)(C(F)(F)F)C(F)(F)F. The van der Waals surface area contributed by atoms with Crippen LogP contribution in [0.1, 0.15) is 16.8 Å². The van der Waals surface area contributed by atoms with Crippen LogP contribution in [0, 0.1) is 0 Å². The maximum atomic E-state index is 13.0. The molecule has 0 atom stereocenters. The van der Waals surface area contributed by atoms with Crippen LogP contribution in [0.3, 0.4) is 0 Å². The molecular formula is C13H7F9O5. The normalized spacial score (nSPS) is 13.2. The lowest BCUT2D eigenvalue weighted by atomic mass is 9.97. The largest absolute Gasteiger partial charge is 0.573 e. The van der Waals surface area contributed by atoms with Gasteiger partial charge in [-0.3, -0.25) is 4.79 Å². The minimum atomic E-state index is -6.35. The molecular weight excluding hydrogens is 407 g/mol. The van der Waals surface area contributed by atoms with Crippen LogP contribution in [0.15, 0.2) is 24.3 Å². The Labute approximate surface area is 143 Å². The first-order valence-electron chi connectivity index (χ1n) is 6.43. The van der Waals surface area contributed by atoms with E-state index in [1.807, 2.05) is 0 Å². The van der Waals surface area contributed by atoms with Crippen LogP contribution in [-0.4, -0.2) is 41.4 Å². The number of alkyl halides is 9. The fraction of sp³-hybridized carbons (Fsp3) is 0.385. The second-order valence-electron chi connectivity index (χ2n) is 4.85. The highest BCUT2D eigenvalue weighted by Gasteiger charge is 2.75. The first-order valence-corrected chi connectivity index (χ1v) is 6.43. The van der Waals surface area contributed by atoms with Crippen molar-refractivity contribution < 1.29 is 63.7 Å². The predicted molar refractivity (Wildman–Crippen MR) is 65.6 cm³/mol. The summed E-state index contributed by atoms with van der Waals surface area (Å²) in [7, 11) is 0. The van der Waals surface area contributed by atoms with Crippen LogP contribution in [0.5, 0.6) is 5.75 Å². The zero-order chi connectivity index (χ0) is 21.3. The Balaban J connectivity index is 3.22. The van der Waals surface area contributed by atoms with Crippen LogP contribution >= 0.6 is 0 Å². The van der Waals surface area contributed by atoms with Crippen molar-refractivity contribution in [3.8, 4) is 5.75 Å². The molecule has 0 aromatic heterocycles. The molecule has 27 heavy (non-hydrogen) atoms. The fourth-order valence-corrected chi connectivity index (χ4v) is 1.74. The molecule has 0 saturated carbocycles. The van der Waals surface area contributed by atoms with Crippen LogP contribution in [0.2, 0.25) is 0 Å². The third kappa shape index (κ3) is 5.40. The molecule has 0 radical (unpaired) electrons. The Hall–Kier alpha value is -2.67. The van der Waals surface area contributed by atoms with Crippen LogP contribution in [0.25, 0.3) is 0 Å². The predicted octanol–water partition coefficient (Wildman–Crippen LogP) is 4.08. The fourth-order valence-electron chi connectivity index (χ4n) is 1.74. The number of hydrogen-bond donors (Lipinski definition) is 1. The van der Waals surface area contributed by atoms with Crippen molar-refractivity contribution in [3.05, 3.63) is 29.8 Å². The molecule has 0 saturated heterocycles. The van der Waals surface area contributed by atoms with E-state index in [9.17, 15) is 49.1 Å². The van der Waals surface area contributed by atoms with Crippen molar-refractivity contribution in [2.24, 2.45) is 0 Å². The Morgan fingerprint density at radius 2 is 1.30 bits per heavy atom. The number of carbonyl (C=O) groups excluding carboxylic acids is 1. The van der Waals surface area contributed by atoms with Crippen molar-refractivity contribution in [2.45, 2.75) is 30.7 Å². The molecule has 0 amide bonds. The van der Waals surface area contributed by atoms with Crippen molar-refractivity contribution in [3.63, 3.8) is 0 Å². The third-order valence-electron chi connectivity index (χ3n) is 2.91. The molecule has 14 heteroatoms. The van der Waals surface area contributed by atoms with Gasteiger partial charge in [-0.2, -0.15) is 26.3 Å². The van der Waals surface area contributed by atoms with E-state index in [2.05, 4.69) is 9.47 Å². The van der Waals surface area contributed by atoms with E-state index in [1.54, 1.807) is 0 Å². The van der Waals surface area contributed by atoms with Gasteiger partial charge in [0.15, 0.2) is 0 Å². The highest BCUT2D eigenvalue weighted by molar-refractivity contribution is 5.90. The molecule has 0 aliphatic heterocycles. The molecule has 0 aliphatic carbocycles. The maximum absolute atomic E-state index is 13.0. The van der Waals surface area contributed by atoms with Gasteiger partial charge in [0.05, 0.1) is 5.56 Å². The number of aliphatic carboxylic acids is 1. The number of benzene rings is 1. The van der Waals surface area contributed by atoms with Crippen molar-refractivity contribution in [1.82, 2.24) is 0 Å². The average Bonchev–Trinajstić information content (AvgIpc) is 2.42. The Morgan fingerprint density at radius 3 is 1.63 bits per heavy atom. The highest BCUT2D eigenvalue weighted by atomic mass is 19.4. The molecule has 0 heterocycles. The molecule has 1 N–H and O–H groups in total. The van der Waals surface area contributed by atoms with E-state index < -0.39 is 54.0 Å². The van der Waals surface area contributed by atoms with Gasteiger partial charge < -0.3 is 14.6 Å². The smallest absolute Gasteiger partial charge is 0.481 e. The summed E-state index contributed by atoms with van der Waals surface area (Å²) in [6, 6.07) is 1.68. The number of hydrogen-bond acceptors (Lipinski definition) is 4. The lowest BCUT2D eigenvalue weighted by molar-refractivity contribution is -0.365. The second-order valence-corrected chi connectivity index (χ2v) is 4.85. The van der Waals surface area contributed by atoms with Crippen molar-refractivity contribution in [1.29, 1.82) is 0 Å². The molecule has 5 nitrogen and oxygen atoms in total. The van der Waals surface area contributed by atoms with Crippen LogP contribution < -0.4 is 4.74 Å². The summed E-state index contributed by atoms with van der Waals surface area (Å²) in [5, 5.41) is 8.39. The number of ether oxygens (including phenoxy) is 2. The summed E-state index contributed by atoms with van der Waals surface area (Å²) in [6.45, 7) is 0. The van der Waals surface area contributed by atoms with E-state index in [0.29, 0.717) is 24.3 Å². The lowest BCUT2D eigenvalue weighted by Gasteiger charge is -2.35. The minimum Gasteiger partial charge on any atom is -0.481 e. The minimum absolute atomic E-state index is 0.404. The number of rotatable bonds is 5. The lowest BCUT2D eigenvalue weighted by Crippen LogP contribution is -2.60. The van der Waals surface area contributed by atoms with Gasteiger partial charge in [0.25, 0.3) is 0 Å². The van der Waals surface area contributed by atoms with E-state index in [1.165, 1.54) is 0 Å². The molecule has 1 aromatic carbocycles. The van der Waals surface area contributed by atoms with Crippen LogP contribution in [0.4, 0.5) is 39.5 Å². The van der Waals surface area contributed by atoms with Gasteiger partial charge in [-0.15, -0.1) is 13.2 Å². The number of carbonyl (C=O) groups is 2. The molecule has 0 aliphatic rings. The number of esters is 1. The molecule has 152 valence electrons. The van der Waals surface area contributed by atoms with Gasteiger partial charge in [0.2, 0.25) is 0 Å². The number of carboxylic acid groups (broad SMARTS) is 1. The van der Waals surface area contributed by atoms with Gasteiger partial charge in [0.1, 0.15) is 12.2 Å².